The highest BCUT2D eigenvalue weighted by Crippen LogP contribution is 2.40. The summed E-state index contributed by atoms with van der Waals surface area (Å²) in [6.45, 7) is 3.54. The molecule has 1 aliphatic carbocycles. The molecule has 1 aliphatic rings. The summed E-state index contributed by atoms with van der Waals surface area (Å²) < 4.78 is 16.6. The number of nitrogens with zero attached hydrogens (tertiary/aromatic N) is 2. The second-order valence-electron chi connectivity index (χ2n) is 7.90. The van der Waals surface area contributed by atoms with Crippen molar-refractivity contribution in [3.8, 4) is 11.8 Å². The molecule has 0 saturated heterocycles. The number of hydrogen-bond acceptors (Lipinski definition) is 8. The lowest BCUT2D eigenvalue weighted by Crippen LogP contribution is -2.16. The molecule has 1 unspecified atom stereocenters. The van der Waals surface area contributed by atoms with Gasteiger partial charge in [-0.1, -0.05) is 41.4 Å². The van der Waals surface area contributed by atoms with E-state index in [9.17, 15) is 4.79 Å². The van der Waals surface area contributed by atoms with Crippen LogP contribution in [0, 0.1) is 18.8 Å². The zero-order chi connectivity index (χ0) is 24.8. The van der Waals surface area contributed by atoms with Crippen molar-refractivity contribution in [2.24, 2.45) is 0 Å². The number of rotatable bonds is 4. The first-order chi connectivity index (χ1) is 17.0. The molecule has 2 aromatic carbocycles. The van der Waals surface area contributed by atoms with E-state index in [0.29, 0.717) is 22.9 Å². The molecular weight excluding hydrogens is 450 g/mol. The lowest BCUT2D eigenvalue weighted by atomic mass is 10.1. The third kappa shape index (κ3) is 5.82. The predicted molar refractivity (Wildman–Crippen MR) is 123 cm³/mol. The third-order valence-electron chi connectivity index (χ3n) is 5.29. The highest BCUT2D eigenvalue weighted by Gasteiger charge is 2.28. The number of oxazole rings is 1. The van der Waals surface area contributed by atoms with E-state index >= 15 is 0 Å². The number of nitrogens with one attached hydrogen (secondary N) is 1. The molecule has 1 atom stereocenters. The first kappa shape index (κ1) is 23.5. The van der Waals surface area contributed by atoms with Gasteiger partial charge in [-0.15, -0.1) is 0 Å². The van der Waals surface area contributed by atoms with Crippen LogP contribution in [0.3, 0.4) is 0 Å². The van der Waals surface area contributed by atoms with Crippen molar-refractivity contribution in [1.82, 2.24) is 10.1 Å². The highest BCUT2D eigenvalue weighted by atomic mass is 16.6. The van der Waals surface area contributed by atoms with E-state index in [1.807, 2.05) is 55.5 Å². The molecular formula is C26H21N3O6. The Bertz CT molecular complexity index is 1430. The van der Waals surface area contributed by atoms with Crippen molar-refractivity contribution < 1.29 is 28.1 Å². The number of anilines is 1. The molecule has 2 aromatic heterocycles. The van der Waals surface area contributed by atoms with E-state index in [1.54, 1.807) is 6.92 Å². The van der Waals surface area contributed by atoms with Gasteiger partial charge in [-0.2, -0.15) is 9.59 Å². The number of ether oxygens (including phenoxy) is 1. The number of carbonyl (C=O) groups excluding carboxylic acids is 3. The van der Waals surface area contributed by atoms with Crippen molar-refractivity contribution in [3.63, 3.8) is 0 Å². The largest absolute Gasteiger partial charge is 0.441 e. The molecule has 1 saturated carbocycles. The Hall–Kier alpha value is -4.67. The minimum Gasteiger partial charge on any atom is -0.441 e. The van der Waals surface area contributed by atoms with Gasteiger partial charge in [0, 0.05) is 11.5 Å². The Morgan fingerprint density at radius 2 is 1.89 bits per heavy atom. The van der Waals surface area contributed by atoms with Gasteiger partial charge in [-0.25, -0.2) is 9.78 Å². The zero-order valence-corrected chi connectivity index (χ0v) is 19.0. The molecule has 0 aliphatic heterocycles. The van der Waals surface area contributed by atoms with E-state index in [2.05, 4.69) is 27.3 Å². The molecule has 1 amide bonds. The maximum atomic E-state index is 12.4. The summed E-state index contributed by atoms with van der Waals surface area (Å²) in [7, 11) is 0. The third-order valence-corrected chi connectivity index (χ3v) is 5.29. The van der Waals surface area contributed by atoms with Crippen LogP contribution in [0.15, 0.2) is 57.5 Å². The fourth-order valence-electron chi connectivity index (χ4n) is 3.34. The van der Waals surface area contributed by atoms with Crippen LogP contribution in [-0.4, -0.2) is 22.4 Å². The number of hydrogen-bond donors (Lipinski definition) is 1. The maximum absolute atomic E-state index is 12.4. The van der Waals surface area contributed by atoms with Crippen LogP contribution in [0.5, 0.6) is 0 Å². The van der Waals surface area contributed by atoms with Crippen LogP contribution >= 0.6 is 0 Å². The van der Waals surface area contributed by atoms with Crippen LogP contribution in [0.1, 0.15) is 60.3 Å². The molecule has 5 rings (SSSR count). The number of aromatic nitrogens is 2. The van der Waals surface area contributed by atoms with Gasteiger partial charge in [0.25, 0.3) is 0 Å². The van der Waals surface area contributed by atoms with Gasteiger partial charge in [-0.3, -0.25) is 5.32 Å². The first-order valence-corrected chi connectivity index (χ1v) is 10.9. The summed E-state index contributed by atoms with van der Waals surface area (Å²) in [5, 5.41) is 6.62. The number of fused-ring (bicyclic) bond motifs is 1. The summed E-state index contributed by atoms with van der Waals surface area (Å²) in [6.07, 6.45) is 1.51. The van der Waals surface area contributed by atoms with Gasteiger partial charge in [-0.05, 0) is 56.4 Å². The van der Waals surface area contributed by atoms with Crippen LogP contribution in [0.2, 0.25) is 0 Å². The Morgan fingerprint density at radius 1 is 1.14 bits per heavy atom. The van der Waals surface area contributed by atoms with E-state index < -0.39 is 12.2 Å². The maximum Gasteiger partial charge on any atom is 0.412 e. The van der Waals surface area contributed by atoms with Crippen molar-refractivity contribution in [2.45, 2.75) is 38.7 Å². The van der Waals surface area contributed by atoms with Gasteiger partial charge in [0.15, 0.2) is 11.5 Å². The fourth-order valence-corrected chi connectivity index (χ4v) is 3.34. The van der Waals surface area contributed by atoms with E-state index in [1.165, 1.54) is 0 Å². The van der Waals surface area contributed by atoms with Crippen LogP contribution < -0.4 is 5.32 Å². The lowest BCUT2D eigenvalue weighted by Gasteiger charge is -2.13. The molecule has 0 spiro atoms. The van der Waals surface area contributed by atoms with Gasteiger partial charge in [0.05, 0.1) is 0 Å². The molecule has 35 heavy (non-hydrogen) atoms. The summed E-state index contributed by atoms with van der Waals surface area (Å²) in [6, 6.07) is 15.1. The van der Waals surface area contributed by atoms with Crippen molar-refractivity contribution >= 4 is 29.0 Å². The number of aryl methyl sites for hydroxylation is 1. The molecule has 176 valence electrons. The van der Waals surface area contributed by atoms with Crippen LogP contribution in [0.25, 0.3) is 11.1 Å². The van der Waals surface area contributed by atoms with Gasteiger partial charge in [0.2, 0.25) is 5.76 Å². The monoisotopic (exact) mass is 471 g/mol. The molecule has 0 radical (unpaired) electrons. The number of benzene rings is 2. The van der Waals surface area contributed by atoms with E-state index in [0.717, 1.165) is 35.4 Å². The number of amides is 1. The SMILES string of the molecule is Cc1noc(C#Cc2ccc3nc(C4CC4)oc3c2)c1NC(=O)OC(C)c1ccccc1.O=C=O. The van der Waals surface area contributed by atoms with Crippen molar-refractivity contribution in [2.75, 3.05) is 5.32 Å². The summed E-state index contributed by atoms with van der Waals surface area (Å²) >= 11 is 0. The number of carbonyl (C=O) groups is 1. The summed E-state index contributed by atoms with van der Waals surface area (Å²) in [5.74, 6) is 7.47. The molecule has 0 bridgehead atoms. The quantitative estimate of drug-likeness (QED) is 0.406. The summed E-state index contributed by atoms with van der Waals surface area (Å²) in [5.41, 5.74) is 4.08. The smallest absolute Gasteiger partial charge is 0.412 e. The van der Waals surface area contributed by atoms with E-state index in [4.69, 9.17) is 23.3 Å². The van der Waals surface area contributed by atoms with Gasteiger partial charge < -0.3 is 13.7 Å². The van der Waals surface area contributed by atoms with Crippen molar-refractivity contribution in [1.29, 1.82) is 0 Å². The highest BCUT2D eigenvalue weighted by molar-refractivity contribution is 5.87. The standard InChI is InChI=1S/C25H21N3O4.CO2/c1-15-23(27-25(29)30-16(2)18-6-4-3-5-7-18)21(32-28-15)13-9-17-8-12-20-22(14-17)31-24(26-20)19-10-11-19;2-1-3/h3-8,12,14,16,19H,10-11H2,1-2H3,(H,27,29);. The van der Waals surface area contributed by atoms with Crippen LogP contribution in [0.4, 0.5) is 10.5 Å². The molecule has 1 N–H and O–H groups in total. The Morgan fingerprint density at radius 3 is 2.60 bits per heavy atom. The predicted octanol–water partition coefficient (Wildman–Crippen LogP) is 5.13. The first-order valence-electron chi connectivity index (χ1n) is 10.9. The second-order valence-corrected chi connectivity index (χ2v) is 7.90. The molecule has 9 nitrogen and oxygen atoms in total. The van der Waals surface area contributed by atoms with E-state index in [-0.39, 0.29) is 11.9 Å². The Balaban J connectivity index is 0.000000917. The molecule has 1 fully saturated rings. The minimum absolute atomic E-state index is 0.250. The van der Waals surface area contributed by atoms with Gasteiger partial charge in [0.1, 0.15) is 23.0 Å². The topological polar surface area (TPSA) is 125 Å². The Labute approximate surface area is 200 Å². The minimum atomic E-state index is -0.605. The molecule has 4 aromatic rings. The second kappa shape index (κ2) is 10.5. The average Bonchev–Trinajstić information content (AvgIpc) is 3.54. The normalized spacial score (nSPS) is 13.0. The fraction of sp³-hybridized carbons (Fsp3) is 0.231. The summed E-state index contributed by atoms with van der Waals surface area (Å²) in [4.78, 5) is 33.2. The Kier molecular flexibility index (Phi) is 7.05. The average molecular weight is 471 g/mol. The van der Waals surface area contributed by atoms with Crippen LogP contribution in [-0.2, 0) is 14.3 Å². The van der Waals surface area contributed by atoms with Crippen molar-refractivity contribution in [3.05, 3.63) is 77.0 Å². The lowest BCUT2D eigenvalue weighted by molar-refractivity contribution is -0.191. The molecule has 9 heteroatoms. The molecule has 2 heterocycles. The zero-order valence-electron chi connectivity index (χ0n) is 19.0. The van der Waals surface area contributed by atoms with Gasteiger partial charge >= 0.3 is 12.2 Å².